The minimum Gasteiger partial charge on any atom is -0.497 e. The molecule has 3 aromatic heterocycles. The number of aryl methyl sites for hydroxylation is 1. The summed E-state index contributed by atoms with van der Waals surface area (Å²) in [7, 11) is 4.91. The molecule has 7 rings (SSSR count). The molecule has 0 amide bonds. The van der Waals surface area contributed by atoms with Crippen LogP contribution in [0.3, 0.4) is 0 Å². The van der Waals surface area contributed by atoms with Gasteiger partial charge in [0.2, 0.25) is 11.8 Å². The SMILES string of the molecule is COc1ccc(Cc2nc3c4c(ncn3n2)Oc2c(c(C)nn2-c2ccccc2)[C@H]4c2ccc(OC)c(OC)c2)cc1. The largest absolute Gasteiger partial charge is 0.497 e. The van der Waals surface area contributed by atoms with Gasteiger partial charge in [-0.2, -0.15) is 5.10 Å². The van der Waals surface area contributed by atoms with Gasteiger partial charge in [0.05, 0.1) is 49.8 Å². The van der Waals surface area contributed by atoms with E-state index in [-0.39, 0.29) is 5.92 Å². The number of benzene rings is 3. The van der Waals surface area contributed by atoms with E-state index in [0.717, 1.165) is 39.4 Å². The quantitative estimate of drug-likeness (QED) is 0.251. The summed E-state index contributed by atoms with van der Waals surface area (Å²) in [6.45, 7) is 1.99. The van der Waals surface area contributed by atoms with E-state index in [9.17, 15) is 0 Å². The number of aromatic nitrogens is 6. The molecule has 6 aromatic rings. The molecule has 0 saturated carbocycles. The first kappa shape index (κ1) is 25.6. The molecule has 0 saturated heterocycles. The molecule has 0 fully saturated rings. The topological polar surface area (TPSA) is 97.8 Å². The molecule has 1 aliphatic rings. The summed E-state index contributed by atoms with van der Waals surface area (Å²) in [5.74, 6) is 3.50. The molecule has 3 aromatic carbocycles. The molecule has 210 valence electrons. The number of ether oxygens (including phenoxy) is 4. The van der Waals surface area contributed by atoms with Crippen molar-refractivity contribution in [2.45, 2.75) is 19.3 Å². The fourth-order valence-corrected chi connectivity index (χ4v) is 5.53. The molecule has 0 radical (unpaired) electrons. The maximum atomic E-state index is 6.54. The molecular weight excluding hydrogens is 532 g/mol. The van der Waals surface area contributed by atoms with E-state index in [4.69, 9.17) is 39.1 Å². The average molecular weight is 561 g/mol. The van der Waals surface area contributed by atoms with Crippen molar-refractivity contribution in [2.75, 3.05) is 21.3 Å². The van der Waals surface area contributed by atoms with Crippen LogP contribution in [0, 0.1) is 6.92 Å². The lowest BCUT2D eigenvalue weighted by Gasteiger charge is -2.26. The molecule has 0 unspecified atom stereocenters. The maximum Gasteiger partial charge on any atom is 0.230 e. The van der Waals surface area contributed by atoms with Crippen LogP contribution in [-0.2, 0) is 6.42 Å². The van der Waals surface area contributed by atoms with Crippen LogP contribution in [0.15, 0.2) is 79.1 Å². The fraction of sp³-hybridized carbons (Fsp3) is 0.188. The van der Waals surface area contributed by atoms with Crippen LogP contribution in [0.2, 0.25) is 0 Å². The van der Waals surface area contributed by atoms with Crippen molar-refractivity contribution >= 4 is 5.65 Å². The lowest BCUT2D eigenvalue weighted by molar-refractivity contribution is 0.354. The molecule has 0 aliphatic carbocycles. The first-order valence-electron chi connectivity index (χ1n) is 13.5. The highest BCUT2D eigenvalue weighted by Gasteiger charge is 2.38. The third-order valence-corrected chi connectivity index (χ3v) is 7.53. The number of rotatable bonds is 7. The van der Waals surface area contributed by atoms with Gasteiger partial charge in [0.1, 0.15) is 12.1 Å². The van der Waals surface area contributed by atoms with E-state index in [1.165, 1.54) is 0 Å². The predicted molar refractivity (Wildman–Crippen MR) is 155 cm³/mol. The van der Waals surface area contributed by atoms with Crippen molar-refractivity contribution < 1.29 is 18.9 Å². The van der Waals surface area contributed by atoms with Gasteiger partial charge in [-0.3, -0.25) is 0 Å². The molecule has 1 atom stereocenters. The molecule has 0 spiro atoms. The molecule has 10 nitrogen and oxygen atoms in total. The van der Waals surface area contributed by atoms with Crippen LogP contribution in [0.25, 0.3) is 11.3 Å². The number of hydrogen-bond donors (Lipinski definition) is 0. The van der Waals surface area contributed by atoms with Gasteiger partial charge >= 0.3 is 0 Å². The molecule has 42 heavy (non-hydrogen) atoms. The Morgan fingerprint density at radius 1 is 0.833 bits per heavy atom. The van der Waals surface area contributed by atoms with Crippen LogP contribution in [0.4, 0.5) is 0 Å². The third kappa shape index (κ3) is 4.19. The molecular formula is C32H28N6O4. The van der Waals surface area contributed by atoms with Crippen molar-refractivity contribution in [1.29, 1.82) is 0 Å². The van der Waals surface area contributed by atoms with Crippen molar-refractivity contribution in [1.82, 2.24) is 29.4 Å². The van der Waals surface area contributed by atoms with E-state index < -0.39 is 0 Å². The Balaban J connectivity index is 1.42. The second kappa shape index (κ2) is 10.2. The van der Waals surface area contributed by atoms with Gasteiger partial charge in [0.25, 0.3) is 0 Å². The minimum absolute atomic E-state index is 0.310. The van der Waals surface area contributed by atoms with Gasteiger partial charge in [-0.15, -0.1) is 5.10 Å². The molecule has 1 aliphatic heterocycles. The van der Waals surface area contributed by atoms with Gasteiger partial charge in [0.15, 0.2) is 23.0 Å². The van der Waals surface area contributed by atoms with Gasteiger partial charge in [0, 0.05) is 6.42 Å². The highest BCUT2D eigenvalue weighted by Crippen LogP contribution is 2.50. The summed E-state index contributed by atoms with van der Waals surface area (Å²) in [6.07, 6.45) is 2.20. The zero-order valence-corrected chi connectivity index (χ0v) is 23.6. The second-order valence-corrected chi connectivity index (χ2v) is 9.99. The number of nitrogens with zero attached hydrogens (tertiary/aromatic N) is 6. The maximum absolute atomic E-state index is 6.54. The summed E-state index contributed by atoms with van der Waals surface area (Å²) < 4.78 is 26.6. The number of para-hydroxylation sites is 1. The number of fused-ring (bicyclic) bond motifs is 4. The van der Waals surface area contributed by atoms with Crippen LogP contribution in [0.5, 0.6) is 29.0 Å². The van der Waals surface area contributed by atoms with Gasteiger partial charge < -0.3 is 18.9 Å². The monoisotopic (exact) mass is 560 g/mol. The first-order chi connectivity index (χ1) is 20.6. The minimum atomic E-state index is -0.310. The van der Waals surface area contributed by atoms with E-state index in [2.05, 4.69) is 0 Å². The zero-order chi connectivity index (χ0) is 28.8. The molecule has 0 bridgehead atoms. The van der Waals surface area contributed by atoms with Crippen molar-refractivity contribution in [3.8, 4) is 34.7 Å². The highest BCUT2D eigenvalue weighted by molar-refractivity contribution is 5.67. The lowest BCUT2D eigenvalue weighted by atomic mass is 9.84. The summed E-state index contributed by atoms with van der Waals surface area (Å²) in [6, 6.07) is 23.7. The highest BCUT2D eigenvalue weighted by atomic mass is 16.5. The summed E-state index contributed by atoms with van der Waals surface area (Å²) in [5, 5.41) is 9.68. The van der Waals surface area contributed by atoms with E-state index in [0.29, 0.717) is 41.2 Å². The number of hydrogen-bond acceptors (Lipinski definition) is 8. The van der Waals surface area contributed by atoms with Crippen molar-refractivity contribution in [3.05, 3.63) is 113 Å². The standard InChI is InChI=1S/C32H28N6O4/c1-19-27-28(21-12-15-24(40-3)25(17-21)41-4)29-30-34-26(16-20-10-13-23(39-2)14-11-20)36-37(30)18-33-31(29)42-32(27)38(35-19)22-8-6-5-7-9-22/h5-15,17-18,28H,16H2,1-4H3/t28-/m1/s1. The summed E-state index contributed by atoms with van der Waals surface area (Å²) in [5.41, 5.74) is 6.16. The van der Waals surface area contributed by atoms with Gasteiger partial charge in [-0.25, -0.2) is 19.2 Å². The fourth-order valence-electron chi connectivity index (χ4n) is 5.53. The van der Waals surface area contributed by atoms with Crippen molar-refractivity contribution in [2.24, 2.45) is 0 Å². The van der Waals surface area contributed by atoms with Gasteiger partial charge in [-0.1, -0.05) is 36.4 Å². The smallest absolute Gasteiger partial charge is 0.230 e. The van der Waals surface area contributed by atoms with E-state index in [1.807, 2.05) is 84.4 Å². The van der Waals surface area contributed by atoms with Crippen LogP contribution in [-0.4, -0.2) is 50.7 Å². The second-order valence-electron chi connectivity index (χ2n) is 9.99. The molecule has 4 heterocycles. The van der Waals surface area contributed by atoms with Gasteiger partial charge in [-0.05, 0) is 54.4 Å². The predicted octanol–water partition coefficient (Wildman–Crippen LogP) is 5.52. The average Bonchev–Trinajstić information content (AvgIpc) is 3.60. The Kier molecular flexibility index (Phi) is 6.23. The van der Waals surface area contributed by atoms with Crippen molar-refractivity contribution in [3.63, 3.8) is 0 Å². The molecule has 10 heteroatoms. The first-order valence-corrected chi connectivity index (χ1v) is 13.5. The third-order valence-electron chi connectivity index (χ3n) is 7.53. The Morgan fingerprint density at radius 2 is 1.62 bits per heavy atom. The van der Waals surface area contributed by atoms with Crippen LogP contribution >= 0.6 is 0 Å². The summed E-state index contributed by atoms with van der Waals surface area (Å²) >= 11 is 0. The Labute approximate surface area is 242 Å². The Bertz CT molecular complexity index is 1910. The zero-order valence-electron chi connectivity index (χ0n) is 23.6. The van der Waals surface area contributed by atoms with E-state index in [1.54, 1.807) is 32.2 Å². The lowest BCUT2D eigenvalue weighted by Crippen LogP contribution is -2.16. The van der Waals surface area contributed by atoms with Crippen LogP contribution in [0.1, 0.15) is 39.7 Å². The Morgan fingerprint density at radius 3 is 2.36 bits per heavy atom. The van der Waals surface area contributed by atoms with E-state index >= 15 is 0 Å². The van der Waals surface area contributed by atoms with Crippen LogP contribution < -0.4 is 18.9 Å². The number of methoxy groups -OCH3 is 3. The summed E-state index contributed by atoms with van der Waals surface area (Å²) in [4.78, 5) is 9.71. The normalized spacial score (nSPS) is 13.8. The molecule has 0 N–H and O–H groups in total. The Hall–Kier alpha value is -5.38.